The largest absolute Gasteiger partial charge is 0.501 e. The molecular weight excluding hydrogens is 730 g/mol. The van der Waals surface area contributed by atoms with Crippen molar-refractivity contribution in [1.29, 1.82) is 0 Å². The number of amides is 3. The van der Waals surface area contributed by atoms with Crippen LogP contribution in [0, 0.1) is 0 Å². The highest BCUT2D eigenvalue weighted by atomic mass is 32.2. The number of halogens is 3. The number of carbonyl (C=O) groups excluding carboxylic acids is 2. The molecule has 0 spiro atoms. The first-order valence-electron chi connectivity index (χ1n) is 14.4. The zero-order valence-corrected chi connectivity index (χ0v) is 29.7. The molecule has 3 heterocycles. The molecule has 0 aliphatic carbocycles. The third-order valence-corrected chi connectivity index (χ3v) is 12.6. The van der Waals surface area contributed by atoms with E-state index >= 15 is 0 Å². The molecule has 2 aromatic heterocycles. The van der Waals surface area contributed by atoms with Gasteiger partial charge in [-0.2, -0.15) is 38.6 Å². The first kappa shape index (κ1) is 38.4. The van der Waals surface area contributed by atoms with Gasteiger partial charge >= 0.3 is 32.0 Å². The third kappa shape index (κ3) is 6.84. The summed E-state index contributed by atoms with van der Waals surface area (Å²) >= 11 is 0. The molecule has 1 aliphatic heterocycles. The quantitative estimate of drug-likeness (QED) is 0.230. The summed E-state index contributed by atoms with van der Waals surface area (Å²) in [5, 5.41) is 2.68. The number of carbonyl (C=O) groups is 2. The summed E-state index contributed by atoms with van der Waals surface area (Å²) in [6, 6.07) is 4.66. The number of aromatic nitrogens is 2. The molecule has 1 aliphatic rings. The SMILES string of the molecule is CC(c1ccncc1NS(=O)(=O)N(C)C)C1(C(C)c2ccncc2NS(=O)(=O)N(C)C)NC(=O)N(c2ccc(S(=O)(=O)C(F)(F)F)cc2)C1=O. The fraction of sp³-hybridized carbons (Fsp3) is 0.357. The standard InChI is InChI=1S/C28H33F3N8O8S3/c1-17(21-11-13-32-15-23(21)35-49(44,45)37(3)4)27(18(2)22-12-14-33-16-24(22)36-50(46,47)38(5)6)25(40)39(26(41)34-27)19-7-9-20(10-8-19)48(42,43)28(29,30)31/h7-18,35-36H,1-6H3,(H,34,41). The van der Waals surface area contributed by atoms with E-state index in [1.807, 2.05) is 0 Å². The number of rotatable bonds is 12. The van der Waals surface area contributed by atoms with E-state index in [1.165, 1.54) is 79.0 Å². The van der Waals surface area contributed by atoms with E-state index in [0.717, 1.165) is 20.7 Å². The van der Waals surface area contributed by atoms with Gasteiger partial charge in [0.25, 0.3) is 15.7 Å². The number of hydrogen-bond acceptors (Lipinski definition) is 10. The van der Waals surface area contributed by atoms with Crippen LogP contribution >= 0.6 is 0 Å². The van der Waals surface area contributed by atoms with Crippen molar-refractivity contribution in [2.24, 2.45) is 0 Å². The fourth-order valence-electron chi connectivity index (χ4n) is 5.36. The van der Waals surface area contributed by atoms with Gasteiger partial charge in [-0.3, -0.25) is 24.2 Å². The molecule has 0 bridgehead atoms. The molecule has 2 unspecified atom stereocenters. The number of anilines is 3. The Hall–Kier alpha value is -4.38. The van der Waals surface area contributed by atoms with Crippen LogP contribution in [0.15, 0.2) is 66.1 Å². The van der Waals surface area contributed by atoms with Crippen LogP contribution in [0.4, 0.5) is 35.0 Å². The number of pyridine rings is 2. The summed E-state index contributed by atoms with van der Waals surface area (Å²) in [6.07, 6.45) is 5.01. The number of alkyl halides is 3. The third-order valence-electron chi connectivity index (χ3n) is 8.23. The molecule has 3 N–H and O–H groups in total. The molecule has 1 fully saturated rings. The van der Waals surface area contributed by atoms with Crippen molar-refractivity contribution in [2.75, 3.05) is 42.5 Å². The van der Waals surface area contributed by atoms with Crippen LogP contribution in [-0.2, 0) is 35.1 Å². The van der Waals surface area contributed by atoms with Gasteiger partial charge in [-0.1, -0.05) is 13.8 Å². The molecule has 22 heteroatoms. The van der Waals surface area contributed by atoms with Gasteiger partial charge in [-0.25, -0.2) is 18.1 Å². The van der Waals surface area contributed by atoms with Gasteiger partial charge in [0.2, 0.25) is 0 Å². The predicted molar refractivity (Wildman–Crippen MR) is 176 cm³/mol. The number of hydrogen-bond donors (Lipinski definition) is 3. The highest BCUT2D eigenvalue weighted by Gasteiger charge is 2.59. The molecular formula is C28H33F3N8O8S3. The van der Waals surface area contributed by atoms with Gasteiger partial charge in [0.15, 0.2) is 0 Å². The number of sulfone groups is 1. The van der Waals surface area contributed by atoms with E-state index in [9.17, 15) is 48.0 Å². The highest BCUT2D eigenvalue weighted by molar-refractivity contribution is 7.92. The summed E-state index contributed by atoms with van der Waals surface area (Å²) in [5.74, 6) is -3.26. The number of urea groups is 1. The fourth-order valence-corrected chi connectivity index (χ4v) is 7.38. The molecule has 0 saturated carbocycles. The Balaban J connectivity index is 1.93. The maximum atomic E-state index is 14.7. The monoisotopic (exact) mass is 762 g/mol. The molecule has 50 heavy (non-hydrogen) atoms. The van der Waals surface area contributed by atoms with E-state index in [4.69, 9.17) is 0 Å². The lowest BCUT2D eigenvalue weighted by Crippen LogP contribution is -2.55. The Labute approximate surface area is 287 Å². The minimum absolute atomic E-state index is 0.0641. The number of imide groups is 1. The van der Waals surface area contributed by atoms with Crippen molar-refractivity contribution in [1.82, 2.24) is 23.9 Å². The second-order valence-corrected chi connectivity index (χ2v) is 17.2. The van der Waals surface area contributed by atoms with Gasteiger partial charge in [0.1, 0.15) is 5.54 Å². The lowest BCUT2D eigenvalue weighted by atomic mass is 9.69. The van der Waals surface area contributed by atoms with E-state index in [-0.39, 0.29) is 28.2 Å². The Morgan fingerprint density at radius 3 is 1.56 bits per heavy atom. The van der Waals surface area contributed by atoms with Crippen LogP contribution < -0.4 is 19.7 Å². The smallest absolute Gasteiger partial charge is 0.322 e. The molecule has 1 aromatic carbocycles. The summed E-state index contributed by atoms with van der Waals surface area (Å²) in [5.41, 5.74) is -7.75. The summed E-state index contributed by atoms with van der Waals surface area (Å²) in [6.45, 7) is 3.01. The van der Waals surface area contributed by atoms with Crippen LogP contribution in [-0.4, -0.2) is 95.0 Å². The van der Waals surface area contributed by atoms with Crippen LogP contribution in [0.5, 0.6) is 0 Å². The number of nitrogens with zero attached hydrogens (tertiary/aromatic N) is 5. The summed E-state index contributed by atoms with van der Waals surface area (Å²) in [4.78, 5) is 35.9. The van der Waals surface area contributed by atoms with Crippen molar-refractivity contribution in [3.63, 3.8) is 0 Å². The van der Waals surface area contributed by atoms with Crippen molar-refractivity contribution < 1.29 is 48.0 Å². The van der Waals surface area contributed by atoms with Crippen molar-refractivity contribution >= 4 is 59.3 Å². The Morgan fingerprint density at radius 2 is 1.18 bits per heavy atom. The molecule has 16 nitrogen and oxygen atoms in total. The first-order chi connectivity index (χ1) is 23.0. The topological polar surface area (TPSA) is 208 Å². The van der Waals surface area contributed by atoms with Crippen LogP contribution in [0.1, 0.15) is 36.8 Å². The van der Waals surface area contributed by atoms with Crippen LogP contribution in [0.2, 0.25) is 0 Å². The zero-order valence-electron chi connectivity index (χ0n) is 27.3. The van der Waals surface area contributed by atoms with E-state index < -0.39 is 70.0 Å². The molecule has 3 aromatic rings. The Kier molecular flexibility index (Phi) is 10.3. The molecule has 0 radical (unpaired) electrons. The molecule has 3 amide bonds. The van der Waals surface area contributed by atoms with Crippen LogP contribution in [0.3, 0.4) is 0 Å². The lowest BCUT2D eigenvalue weighted by molar-refractivity contribution is -0.123. The first-order valence-corrected chi connectivity index (χ1v) is 18.7. The highest BCUT2D eigenvalue weighted by Crippen LogP contribution is 2.47. The normalized spacial score (nSPS) is 18.7. The molecule has 272 valence electrons. The maximum Gasteiger partial charge on any atom is 0.501 e. The zero-order chi connectivity index (χ0) is 37.6. The lowest BCUT2D eigenvalue weighted by Gasteiger charge is -2.40. The second kappa shape index (κ2) is 13.4. The summed E-state index contributed by atoms with van der Waals surface area (Å²) < 4.78 is 121. The van der Waals surface area contributed by atoms with Crippen molar-refractivity contribution in [2.45, 2.75) is 41.6 Å². The molecule has 1 saturated heterocycles. The number of nitrogens with one attached hydrogen (secondary N) is 3. The predicted octanol–water partition coefficient (Wildman–Crippen LogP) is 2.61. The van der Waals surface area contributed by atoms with Gasteiger partial charge in [-0.05, 0) is 47.5 Å². The molecule has 2 atom stereocenters. The van der Waals surface area contributed by atoms with Crippen LogP contribution in [0.25, 0.3) is 0 Å². The maximum absolute atomic E-state index is 14.7. The van der Waals surface area contributed by atoms with E-state index in [1.54, 1.807) is 0 Å². The minimum atomic E-state index is -5.75. The van der Waals surface area contributed by atoms with E-state index in [0.29, 0.717) is 17.0 Å². The minimum Gasteiger partial charge on any atom is -0.322 e. The number of benzene rings is 1. The second-order valence-electron chi connectivity index (χ2n) is 11.5. The van der Waals surface area contributed by atoms with Gasteiger partial charge in [0, 0.05) is 52.4 Å². The van der Waals surface area contributed by atoms with Gasteiger partial charge < -0.3 is 5.32 Å². The Morgan fingerprint density at radius 1 is 0.760 bits per heavy atom. The Bertz CT molecular complexity index is 2040. The van der Waals surface area contributed by atoms with Crippen molar-refractivity contribution in [3.05, 3.63) is 72.3 Å². The molecule has 4 rings (SSSR count). The van der Waals surface area contributed by atoms with Gasteiger partial charge in [-0.15, -0.1) is 0 Å². The summed E-state index contributed by atoms with van der Waals surface area (Å²) in [7, 11) is -8.90. The van der Waals surface area contributed by atoms with Crippen molar-refractivity contribution in [3.8, 4) is 0 Å². The average Bonchev–Trinajstić information content (AvgIpc) is 3.30. The van der Waals surface area contributed by atoms with E-state index in [2.05, 4.69) is 24.7 Å². The average molecular weight is 763 g/mol. The van der Waals surface area contributed by atoms with Gasteiger partial charge in [0.05, 0.1) is 34.4 Å².